The molecule has 2 unspecified atom stereocenters. The summed E-state index contributed by atoms with van der Waals surface area (Å²) < 4.78 is 0. The maximum Gasteiger partial charge on any atom is 0.239 e. The molecule has 1 heterocycles. The van der Waals surface area contributed by atoms with Gasteiger partial charge >= 0.3 is 0 Å². The molecule has 0 aromatic rings. The van der Waals surface area contributed by atoms with Gasteiger partial charge in [0, 0.05) is 19.1 Å². The molecular formula is C13H27N3O. The van der Waals surface area contributed by atoms with Gasteiger partial charge in [-0.25, -0.2) is 0 Å². The average Bonchev–Trinajstić information content (AvgIpc) is 2.27. The molecule has 0 aromatic carbocycles. The number of carbonyl (C=O) groups excluding carboxylic acids is 1. The molecule has 1 aliphatic rings. The number of rotatable bonds is 4. The highest BCUT2D eigenvalue weighted by Crippen LogP contribution is 2.20. The van der Waals surface area contributed by atoms with E-state index in [1.54, 1.807) is 0 Å². The van der Waals surface area contributed by atoms with Crippen LogP contribution in [-0.4, -0.2) is 36.0 Å². The topological polar surface area (TPSA) is 72.4 Å². The van der Waals surface area contributed by atoms with E-state index >= 15 is 0 Å². The Kier molecular flexibility index (Phi) is 5.40. The molecular weight excluding hydrogens is 214 g/mol. The van der Waals surface area contributed by atoms with Gasteiger partial charge in [-0.1, -0.05) is 13.8 Å². The molecule has 0 spiro atoms. The Morgan fingerprint density at radius 2 is 2.00 bits per heavy atom. The normalized spacial score (nSPS) is 24.8. The summed E-state index contributed by atoms with van der Waals surface area (Å²) in [5.41, 5.74) is 11.9. The Balaban J connectivity index is 2.51. The predicted molar refractivity (Wildman–Crippen MR) is 70.4 cm³/mol. The average molecular weight is 241 g/mol. The number of hydrogen-bond acceptors (Lipinski definition) is 3. The first-order valence-electron chi connectivity index (χ1n) is 6.71. The molecule has 0 saturated carbocycles. The minimum absolute atomic E-state index is 0.101. The van der Waals surface area contributed by atoms with E-state index in [-0.39, 0.29) is 18.0 Å². The van der Waals surface area contributed by atoms with Crippen molar-refractivity contribution in [1.82, 2.24) is 4.90 Å². The standard InChI is InChI=1S/C13H27N3O/c1-9(2)7-12(15)13(17)16-6-4-5-11(8-16)10(3)14/h9-12H,4-8,14-15H2,1-3H3/t10?,11?,12-/m0/s1. The summed E-state index contributed by atoms with van der Waals surface area (Å²) in [5.74, 6) is 0.992. The van der Waals surface area contributed by atoms with Crippen LogP contribution in [0.5, 0.6) is 0 Å². The highest BCUT2D eigenvalue weighted by atomic mass is 16.2. The maximum absolute atomic E-state index is 12.2. The van der Waals surface area contributed by atoms with E-state index < -0.39 is 0 Å². The molecule has 1 fully saturated rings. The van der Waals surface area contributed by atoms with Gasteiger partial charge in [0.1, 0.15) is 0 Å². The van der Waals surface area contributed by atoms with Gasteiger partial charge in [0.25, 0.3) is 0 Å². The Morgan fingerprint density at radius 1 is 1.35 bits per heavy atom. The molecule has 0 aromatic heterocycles. The van der Waals surface area contributed by atoms with E-state index in [2.05, 4.69) is 13.8 Å². The molecule has 0 bridgehead atoms. The summed E-state index contributed by atoms with van der Waals surface area (Å²) in [7, 11) is 0. The lowest BCUT2D eigenvalue weighted by Gasteiger charge is -2.36. The summed E-state index contributed by atoms with van der Waals surface area (Å²) in [4.78, 5) is 14.1. The van der Waals surface area contributed by atoms with E-state index in [0.29, 0.717) is 11.8 Å². The van der Waals surface area contributed by atoms with Gasteiger partial charge in [-0.2, -0.15) is 0 Å². The Bertz CT molecular complexity index is 253. The zero-order valence-corrected chi connectivity index (χ0v) is 11.4. The Hall–Kier alpha value is -0.610. The van der Waals surface area contributed by atoms with Crippen LogP contribution in [0, 0.1) is 11.8 Å². The zero-order valence-electron chi connectivity index (χ0n) is 11.4. The van der Waals surface area contributed by atoms with Gasteiger partial charge in [-0.15, -0.1) is 0 Å². The smallest absolute Gasteiger partial charge is 0.239 e. The van der Waals surface area contributed by atoms with Gasteiger partial charge in [0.2, 0.25) is 5.91 Å². The fraction of sp³-hybridized carbons (Fsp3) is 0.923. The van der Waals surface area contributed by atoms with Crippen molar-refractivity contribution in [3.63, 3.8) is 0 Å². The van der Waals surface area contributed by atoms with Crippen molar-refractivity contribution in [3.8, 4) is 0 Å². The SMILES string of the molecule is CC(C)C[C@H](N)C(=O)N1CCCC(C(C)N)C1. The Labute approximate surface area is 105 Å². The van der Waals surface area contributed by atoms with Crippen LogP contribution in [0.3, 0.4) is 0 Å². The molecule has 0 aliphatic carbocycles. The number of piperidine rings is 1. The molecule has 4 heteroatoms. The maximum atomic E-state index is 12.2. The fourth-order valence-corrected chi connectivity index (χ4v) is 2.48. The van der Waals surface area contributed by atoms with Gasteiger partial charge < -0.3 is 16.4 Å². The number of carbonyl (C=O) groups is 1. The van der Waals surface area contributed by atoms with Crippen molar-refractivity contribution in [3.05, 3.63) is 0 Å². The van der Waals surface area contributed by atoms with Crippen LogP contribution in [0.25, 0.3) is 0 Å². The number of amides is 1. The second-order valence-electron chi connectivity index (χ2n) is 5.78. The molecule has 3 atom stereocenters. The van der Waals surface area contributed by atoms with E-state index in [9.17, 15) is 4.79 Å². The summed E-state index contributed by atoms with van der Waals surface area (Å²) in [6, 6.07) is -0.186. The van der Waals surface area contributed by atoms with Crippen LogP contribution in [0.15, 0.2) is 0 Å². The quantitative estimate of drug-likeness (QED) is 0.769. The molecule has 1 saturated heterocycles. The number of hydrogen-bond donors (Lipinski definition) is 2. The van der Waals surface area contributed by atoms with Gasteiger partial charge in [-0.3, -0.25) is 4.79 Å². The van der Waals surface area contributed by atoms with Gasteiger partial charge in [0.05, 0.1) is 6.04 Å². The summed E-state index contributed by atoms with van der Waals surface area (Å²) in [5, 5.41) is 0. The number of nitrogens with zero attached hydrogens (tertiary/aromatic N) is 1. The predicted octanol–water partition coefficient (Wildman–Crippen LogP) is 0.946. The number of nitrogens with two attached hydrogens (primary N) is 2. The third kappa shape index (κ3) is 4.28. The van der Waals surface area contributed by atoms with Crippen molar-refractivity contribution in [2.24, 2.45) is 23.3 Å². The first kappa shape index (κ1) is 14.5. The molecule has 1 amide bonds. The second-order valence-corrected chi connectivity index (χ2v) is 5.78. The molecule has 1 rings (SSSR count). The van der Waals surface area contributed by atoms with E-state index in [1.165, 1.54) is 0 Å². The third-order valence-corrected chi connectivity index (χ3v) is 3.56. The lowest BCUT2D eigenvalue weighted by atomic mass is 9.91. The number of likely N-dealkylation sites (tertiary alicyclic amines) is 1. The van der Waals surface area contributed by atoms with E-state index in [1.807, 2.05) is 11.8 Å². The van der Waals surface area contributed by atoms with Crippen LogP contribution in [0.1, 0.15) is 40.0 Å². The highest BCUT2D eigenvalue weighted by Gasteiger charge is 2.28. The molecule has 1 aliphatic heterocycles. The van der Waals surface area contributed by atoms with Crippen LogP contribution in [0.2, 0.25) is 0 Å². The van der Waals surface area contributed by atoms with Crippen LogP contribution in [-0.2, 0) is 4.79 Å². The van der Waals surface area contributed by atoms with Crippen molar-refractivity contribution < 1.29 is 4.79 Å². The van der Waals surface area contributed by atoms with Crippen LogP contribution >= 0.6 is 0 Å². The first-order chi connectivity index (χ1) is 7.91. The lowest BCUT2D eigenvalue weighted by molar-refractivity contribution is -0.134. The minimum atomic E-state index is -0.346. The molecule has 4 nitrogen and oxygen atoms in total. The van der Waals surface area contributed by atoms with Crippen molar-refractivity contribution in [2.75, 3.05) is 13.1 Å². The first-order valence-corrected chi connectivity index (χ1v) is 6.71. The molecule has 100 valence electrons. The third-order valence-electron chi connectivity index (χ3n) is 3.56. The lowest BCUT2D eigenvalue weighted by Crippen LogP contribution is -2.50. The molecule has 4 N–H and O–H groups in total. The summed E-state index contributed by atoms with van der Waals surface area (Å²) >= 11 is 0. The van der Waals surface area contributed by atoms with Gasteiger partial charge in [0.15, 0.2) is 0 Å². The van der Waals surface area contributed by atoms with Crippen LogP contribution in [0.4, 0.5) is 0 Å². The molecule has 17 heavy (non-hydrogen) atoms. The van der Waals surface area contributed by atoms with Crippen LogP contribution < -0.4 is 11.5 Å². The highest BCUT2D eigenvalue weighted by molar-refractivity contribution is 5.81. The van der Waals surface area contributed by atoms with Crippen molar-refractivity contribution in [2.45, 2.75) is 52.1 Å². The second kappa shape index (κ2) is 6.36. The monoisotopic (exact) mass is 241 g/mol. The van der Waals surface area contributed by atoms with Crippen molar-refractivity contribution >= 4 is 5.91 Å². The van der Waals surface area contributed by atoms with E-state index in [4.69, 9.17) is 11.5 Å². The zero-order chi connectivity index (χ0) is 13.0. The largest absolute Gasteiger partial charge is 0.341 e. The summed E-state index contributed by atoms with van der Waals surface area (Å²) in [6.45, 7) is 7.82. The van der Waals surface area contributed by atoms with E-state index in [0.717, 1.165) is 32.4 Å². The van der Waals surface area contributed by atoms with Crippen molar-refractivity contribution in [1.29, 1.82) is 0 Å². The summed E-state index contributed by atoms with van der Waals surface area (Å²) in [6.07, 6.45) is 2.94. The minimum Gasteiger partial charge on any atom is -0.341 e. The van der Waals surface area contributed by atoms with Gasteiger partial charge in [-0.05, 0) is 38.0 Å². The molecule has 0 radical (unpaired) electrons. The Morgan fingerprint density at radius 3 is 2.53 bits per heavy atom. The fourth-order valence-electron chi connectivity index (χ4n) is 2.48.